The van der Waals surface area contributed by atoms with Crippen molar-refractivity contribution in [2.24, 2.45) is 0 Å². The Bertz CT molecular complexity index is 960. The van der Waals surface area contributed by atoms with Crippen molar-refractivity contribution in [3.63, 3.8) is 0 Å². The molecule has 0 aliphatic rings. The molecule has 0 bridgehead atoms. The van der Waals surface area contributed by atoms with Crippen LogP contribution >= 0.6 is 0 Å². The highest BCUT2D eigenvalue weighted by Crippen LogP contribution is 2.26. The average Bonchev–Trinajstić information content (AvgIpc) is 2.70. The molecular weight excluding hydrogens is 388 g/mol. The molecule has 0 aliphatic heterocycles. The molecule has 2 aromatic rings. The van der Waals surface area contributed by atoms with Gasteiger partial charge >= 0.3 is 0 Å². The van der Waals surface area contributed by atoms with E-state index in [0.29, 0.717) is 29.8 Å². The Kier molecular flexibility index (Phi) is 7.07. The van der Waals surface area contributed by atoms with Gasteiger partial charge in [0.25, 0.3) is 5.69 Å². The second-order valence-electron chi connectivity index (χ2n) is 5.78. The summed E-state index contributed by atoms with van der Waals surface area (Å²) in [5.41, 5.74) is -0.153. The van der Waals surface area contributed by atoms with E-state index in [0.717, 1.165) is 10.4 Å². The fraction of sp³-hybridized carbons (Fsp3) is 0.278. The van der Waals surface area contributed by atoms with Crippen molar-refractivity contribution in [2.45, 2.75) is 11.3 Å². The highest BCUT2D eigenvalue weighted by molar-refractivity contribution is 7.89. The van der Waals surface area contributed by atoms with Crippen LogP contribution < -0.4 is 9.47 Å². The van der Waals surface area contributed by atoms with Gasteiger partial charge in [0, 0.05) is 19.7 Å². The van der Waals surface area contributed by atoms with Gasteiger partial charge in [-0.3, -0.25) is 14.9 Å². The van der Waals surface area contributed by atoms with E-state index < -0.39 is 20.6 Å². The minimum Gasteiger partial charge on any atom is -0.497 e. The molecule has 0 spiro atoms. The molecule has 2 aromatic carbocycles. The predicted molar refractivity (Wildman–Crippen MR) is 101 cm³/mol. The zero-order valence-electron chi connectivity index (χ0n) is 15.4. The van der Waals surface area contributed by atoms with Crippen LogP contribution in [0.4, 0.5) is 5.69 Å². The van der Waals surface area contributed by atoms with Gasteiger partial charge < -0.3 is 9.47 Å². The number of aldehydes is 1. The summed E-state index contributed by atoms with van der Waals surface area (Å²) < 4.78 is 36.8. The Hall–Kier alpha value is -2.98. The van der Waals surface area contributed by atoms with Gasteiger partial charge in [0.15, 0.2) is 11.2 Å². The van der Waals surface area contributed by atoms with E-state index in [-0.39, 0.29) is 18.0 Å². The maximum Gasteiger partial charge on any atom is 0.289 e. The molecular formula is C18H20N2O7S. The molecule has 9 nitrogen and oxygen atoms in total. The van der Waals surface area contributed by atoms with Gasteiger partial charge in [-0.15, -0.1) is 0 Å². The molecule has 2 rings (SSSR count). The highest BCUT2D eigenvalue weighted by atomic mass is 32.2. The molecule has 0 radical (unpaired) electrons. The first-order valence-corrected chi connectivity index (χ1v) is 9.71. The topological polar surface area (TPSA) is 116 Å². The third-order valence-electron chi connectivity index (χ3n) is 3.97. The third-order valence-corrected chi connectivity index (χ3v) is 5.87. The molecule has 28 heavy (non-hydrogen) atoms. The summed E-state index contributed by atoms with van der Waals surface area (Å²) in [6.45, 7) is 0.241. The predicted octanol–water partition coefficient (Wildman–Crippen LogP) is 2.51. The molecule has 0 fully saturated rings. The smallest absolute Gasteiger partial charge is 0.289 e. The molecule has 0 saturated carbocycles. The number of hydrogen-bond acceptors (Lipinski definition) is 7. The van der Waals surface area contributed by atoms with E-state index >= 15 is 0 Å². The van der Waals surface area contributed by atoms with Crippen molar-refractivity contribution in [1.82, 2.24) is 4.31 Å². The monoisotopic (exact) mass is 408 g/mol. The normalized spacial score (nSPS) is 11.2. The largest absolute Gasteiger partial charge is 0.497 e. The van der Waals surface area contributed by atoms with E-state index in [1.165, 1.54) is 38.4 Å². The van der Waals surface area contributed by atoms with Gasteiger partial charge in [-0.1, -0.05) is 12.1 Å². The minimum atomic E-state index is -4.02. The maximum absolute atomic E-state index is 12.6. The van der Waals surface area contributed by atoms with E-state index in [1.54, 1.807) is 12.1 Å². The Morgan fingerprint density at radius 1 is 1.21 bits per heavy atom. The molecule has 0 heterocycles. The summed E-state index contributed by atoms with van der Waals surface area (Å²) in [6.07, 6.45) is 0.962. The van der Waals surface area contributed by atoms with Gasteiger partial charge in [0.1, 0.15) is 11.5 Å². The van der Waals surface area contributed by atoms with Gasteiger partial charge in [-0.2, -0.15) is 0 Å². The molecule has 0 atom stereocenters. The number of ether oxygens (including phenoxy) is 2. The molecule has 0 amide bonds. The van der Waals surface area contributed by atoms with Crippen LogP contribution in [-0.4, -0.2) is 51.2 Å². The van der Waals surface area contributed by atoms with Crippen LogP contribution in [0.3, 0.4) is 0 Å². The summed E-state index contributed by atoms with van der Waals surface area (Å²) in [5, 5.41) is 11.1. The number of nitro groups is 1. The van der Waals surface area contributed by atoms with Crippen molar-refractivity contribution in [3.8, 4) is 11.5 Å². The van der Waals surface area contributed by atoms with Crippen LogP contribution in [0.15, 0.2) is 47.4 Å². The summed E-state index contributed by atoms with van der Waals surface area (Å²) in [7, 11) is -1.19. The van der Waals surface area contributed by atoms with Crippen LogP contribution in [0, 0.1) is 10.1 Å². The van der Waals surface area contributed by atoms with Crippen LogP contribution in [0.25, 0.3) is 0 Å². The standard InChI is InChI=1S/C18H20N2O7S/c1-19(28(24,25)18-7-4-3-6-16(18)20(22)23)10-5-11-27-17-9-8-15(26-2)12-14(17)13-21/h3-4,6-9,12-13H,5,10-11H2,1-2H3. The Morgan fingerprint density at radius 2 is 1.93 bits per heavy atom. The molecule has 150 valence electrons. The summed E-state index contributed by atoms with van der Waals surface area (Å²) in [4.78, 5) is 21.1. The lowest BCUT2D eigenvalue weighted by atomic mass is 10.2. The summed E-state index contributed by atoms with van der Waals surface area (Å²) in [6, 6.07) is 9.96. The molecule has 0 unspecified atom stereocenters. The lowest BCUT2D eigenvalue weighted by Gasteiger charge is -2.17. The average molecular weight is 408 g/mol. The number of nitro benzene ring substituents is 1. The number of nitrogens with zero attached hydrogens (tertiary/aromatic N) is 2. The number of sulfonamides is 1. The van der Waals surface area contributed by atoms with E-state index in [9.17, 15) is 23.3 Å². The first kappa shape index (κ1) is 21.3. The van der Waals surface area contributed by atoms with E-state index in [1.807, 2.05) is 0 Å². The number of carbonyl (C=O) groups is 1. The minimum absolute atomic E-state index is 0.0843. The van der Waals surface area contributed by atoms with Crippen molar-refractivity contribution in [1.29, 1.82) is 0 Å². The molecule has 10 heteroatoms. The fourth-order valence-electron chi connectivity index (χ4n) is 2.46. The quantitative estimate of drug-likeness (QED) is 0.257. The number of methoxy groups -OCH3 is 1. The van der Waals surface area contributed by atoms with Gasteiger partial charge in [0.2, 0.25) is 10.0 Å². The lowest BCUT2D eigenvalue weighted by Crippen LogP contribution is -2.29. The van der Waals surface area contributed by atoms with Crippen LogP contribution in [0.1, 0.15) is 16.8 Å². The SMILES string of the molecule is COc1ccc(OCCCN(C)S(=O)(=O)c2ccccc2[N+](=O)[O-])c(C=O)c1. The second-order valence-corrected chi connectivity index (χ2v) is 7.79. The number of carbonyl (C=O) groups excluding carboxylic acids is 1. The van der Waals surface area contributed by atoms with Crippen LogP contribution in [0.5, 0.6) is 11.5 Å². The van der Waals surface area contributed by atoms with Crippen LogP contribution in [0.2, 0.25) is 0 Å². The van der Waals surface area contributed by atoms with E-state index in [2.05, 4.69) is 0 Å². The van der Waals surface area contributed by atoms with Crippen molar-refractivity contribution in [2.75, 3.05) is 27.3 Å². The van der Waals surface area contributed by atoms with Crippen LogP contribution in [-0.2, 0) is 10.0 Å². The zero-order valence-corrected chi connectivity index (χ0v) is 16.2. The first-order chi connectivity index (χ1) is 13.3. The molecule has 0 N–H and O–H groups in total. The Balaban J connectivity index is 2.00. The van der Waals surface area contributed by atoms with Crippen molar-refractivity contribution >= 4 is 22.0 Å². The number of para-hydroxylation sites is 1. The lowest BCUT2D eigenvalue weighted by molar-refractivity contribution is -0.387. The molecule has 0 saturated heterocycles. The maximum atomic E-state index is 12.6. The number of benzene rings is 2. The zero-order chi connectivity index (χ0) is 20.7. The van der Waals surface area contributed by atoms with Gasteiger partial charge in [0.05, 0.1) is 24.2 Å². The summed E-state index contributed by atoms with van der Waals surface area (Å²) in [5.74, 6) is 0.879. The first-order valence-electron chi connectivity index (χ1n) is 8.27. The van der Waals surface area contributed by atoms with Gasteiger partial charge in [-0.25, -0.2) is 12.7 Å². The number of rotatable bonds is 10. The Morgan fingerprint density at radius 3 is 2.57 bits per heavy atom. The highest BCUT2D eigenvalue weighted by Gasteiger charge is 2.28. The van der Waals surface area contributed by atoms with Crippen molar-refractivity contribution in [3.05, 3.63) is 58.1 Å². The fourth-order valence-corrected chi connectivity index (χ4v) is 3.82. The van der Waals surface area contributed by atoms with Gasteiger partial charge in [-0.05, 0) is 30.7 Å². The molecule has 0 aromatic heterocycles. The third kappa shape index (κ3) is 4.84. The Labute approximate surface area is 162 Å². The molecule has 0 aliphatic carbocycles. The number of hydrogen-bond donors (Lipinski definition) is 0. The van der Waals surface area contributed by atoms with Crippen molar-refractivity contribution < 1.29 is 27.6 Å². The summed E-state index contributed by atoms with van der Waals surface area (Å²) >= 11 is 0. The van der Waals surface area contributed by atoms with E-state index in [4.69, 9.17) is 9.47 Å². The second kappa shape index (κ2) is 9.29.